The molecule has 0 saturated carbocycles. The van der Waals surface area contributed by atoms with Crippen molar-refractivity contribution in [2.75, 3.05) is 0 Å². The van der Waals surface area contributed by atoms with E-state index in [1.807, 2.05) is 31.2 Å². The van der Waals surface area contributed by atoms with Gasteiger partial charge in [0.05, 0.1) is 5.88 Å². The molecule has 0 N–H and O–H groups in total. The van der Waals surface area contributed by atoms with Crippen LogP contribution in [-0.2, 0) is 5.88 Å². The Morgan fingerprint density at radius 1 is 1.57 bits per heavy atom. The summed E-state index contributed by atoms with van der Waals surface area (Å²) < 4.78 is 5.39. The van der Waals surface area contributed by atoms with Crippen molar-refractivity contribution in [3.63, 3.8) is 0 Å². The van der Waals surface area contributed by atoms with Gasteiger partial charge < -0.3 is 4.74 Å². The highest BCUT2D eigenvalue weighted by atomic mass is 35.5. The summed E-state index contributed by atoms with van der Waals surface area (Å²) in [5, 5.41) is 8.61. The lowest BCUT2D eigenvalue weighted by atomic mass is 10.1. The number of hydrogen-bond donors (Lipinski definition) is 0. The Bertz CT molecular complexity index is 357. The lowest BCUT2D eigenvalue weighted by molar-refractivity contribution is 0.274. The van der Waals surface area contributed by atoms with E-state index in [4.69, 9.17) is 21.6 Å². The number of hydrogen-bond acceptors (Lipinski definition) is 2. The van der Waals surface area contributed by atoms with Gasteiger partial charge in [-0.15, -0.1) is 11.6 Å². The molecule has 14 heavy (non-hydrogen) atoms. The third-order valence-corrected chi connectivity index (χ3v) is 2.13. The van der Waals surface area contributed by atoms with E-state index in [0.29, 0.717) is 11.6 Å². The van der Waals surface area contributed by atoms with Crippen LogP contribution in [0.1, 0.15) is 18.1 Å². The van der Waals surface area contributed by atoms with Crippen molar-refractivity contribution in [3.8, 4) is 11.8 Å². The van der Waals surface area contributed by atoms with Crippen LogP contribution in [0.4, 0.5) is 0 Å². The van der Waals surface area contributed by atoms with Crippen LogP contribution in [0.25, 0.3) is 0 Å². The van der Waals surface area contributed by atoms with Gasteiger partial charge in [0.2, 0.25) is 0 Å². The highest BCUT2D eigenvalue weighted by molar-refractivity contribution is 6.17. The average molecular weight is 210 g/mol. The van der Waals surface area contributed by atoms with Gasteiger partial charge in [0.25, 0.3) is 0 Å². The van der Waals surface area contributed by atoms with Crippen molar-refractivity contribution in [3.05, 3.63) is 29.3 Å². The van der Waals surface area contributed by atoms with E-state index in [1.165, 1.54) is 0 Å². The highest BCUT2D eigenvalue weighted by Crippen LogP contribution is 2.22. The average Bonchev–Trinajstić information content (AvgIpc) is 2.20. The summed E-state index contributed by atoms with van der Waals surface area (Å²) in [4.78, 5) is 0. The number of nitrogens with zero attached hydrogens (tertiary/aromatic N) is 1. The van der Waals surface area contributed by atoms with Crippen molar-refractivity contribution < 1.29 is 4.74 Å². The summed E-state index contributed by atoms with van der Waals surface area (Å²) in [6.45, 7) is 3.70. The predicted octanol–water partition coefficient (Wildman–Crippen LogP) is 3.02. The molecule has 74 valence electrons. The van der Waals surface area contributed by atoms with Gasteiger partial charge in [-0.1, -0.05) is 17.7 Å². The Hall–Kier alpha value is -1.20. The number of rotatable bonds is 3. The molecular formula is C11H12ClNO. The van der Waals surface area contributed by atoms with Crippen molar-refractivity contribution in [2.24, 2.45) is 0 Å². The summed E-state index contributed by atoms with van der Waals surface area (Å²) in [6.07, 6.45) is -0.445. The van der Waals surface area contributed by atoms with Crippen LogP contribution < -0.4 is 4.74 Å². The molecule has 1 aromatic carbocycles. The Labute approximate surface area is 89.1 Å². The largest absolute Gasteiger partial charge is 0.476 e. The predicted molar refractivity (Wildman–Crippen MR) is 56.4 cm³/mol. The van der Waals surface area contributed by atoms with Crippen molar-refractivity contribution in [2.45, 2.75) is 25.8 Å². The van der Waals surface area contributed by atoms with E-state index in [0.717, 1.165) is 11.1 Å². The summed E-state index contributed by atoms with van der Waals surface area (Å²) in [5.74, 6) is 1.09. The van der Waals surface area contributed by atoms with Crippen molar-refractivity contribution >= 4 is 11.6 Å². The van der Waals surface area contributed by atoms with Crippen LogP contribution in [0.5, 0.6) is 5.75 Å². The topological polar surface area (TPSA) is 33.0 Å². The van der Waals surface area contributed by atoms with E-state index >= 15 is 0 Å². The van der Waals surface area contributed by atoms with Crippen LogP contribution >= 0.6 is 11.6 Å². The van der Waals surface area contributed by atoms with E-state index in [-0.39, 0.29) is 0 Å². The normalized spacial score (nSPS) is 11.9. The molecule has 0 bridgehead atoms. The molecule has 0 radical (unpaired) electrons. The van der Waals surface area contributed by atoms with Crippen LogP contribution in [0.3, 0.4) is 0 Å². The second-order valence-corrected chi connectivity index (χ2v) is 3.40. The Morgan fingerprint density at radius 2 is 2.29 bits per heavy atom. The molecule has 0 aliphatic rings. The molecule has 1 rings (SSSR count). The Morgan fingerprint density at radius 3 is 2.86 bits per heavy atom. The highest BCUT2D eigenvalue weighted by Gasteiger charge is 2.06. The molecule has 1 aromatic rings. The molecule has 2 nitrogen and oxygen atoms in total. The number of aryl methyl sites for hydroxylation is 1. The van der Waals surface area contributed by atoms with Gasteiger partial charge in [0, 0.05) is 5.56 Å². The molecule has 0 aliphatic heterocycles. The Kier molecular flexibility index (Phi) is 3.79. The molecule has 1 unspecified atom stereocenters. The van der Waals surface area contributed by atoms with Crippen LogP contribution in [0.2, 0.25) is 0 Å². The number of benzene rings is 1. The minimum atomic E-state index is -0.445. The quantitative estimate of drug-likeness (QED) is 0.717. The number of halogens is 1. The summed E-state index contributed by atoms with van der Waals surface area (Å²) in [6, 6.07) is 7.77. The zero-order valence-corrected chi connectivity index (χ0v) is 9.01. The van der Waals surface area contributed by atoms with Gasteiger partial charge in [0.15, 0.2) is 6.10 Å². The molecule has 1 atom stereocenters. The second-order valence-electron chi connectivity index (χ2n) is 3.13. The van der Waals surface area contributed by atoms with Crippen LogP contribution in [-0.4, -0.2) is 6.10 Å². The first-order valence-electron chi connectivity index (χ1n) is 4.39. The minimum Gasteiger partial charge on any atom is -0.476 e. The first-order valence-corrected chi connectivity index (χ1v) is 4.92. The van der Waals surface area contributed by atoms with E-state index in [1.54, 1.807) is 6.92 Å². The van der Waals surface area contributed by atoms with Crippen LogP contribution in [0, 0.1) is 18.3 Å². The third-order valence-electron chi connectivity index (χ3n) is 1.85. The first kappa shape index (κ1) is 10.9. The maximum absolute atomic E-state index is 8.61. The summed E-state index contributed by atoms with van der Waals surface area (Å²) >= 11 is 5.77. The summed E-state index contributed by atoms with van der Waals surface area (Å²) in [5.41, 5.74) is 2.06. The lowest BCUT2D eigenvalue weighted by Crippen LogP contribution is -2.09. The molecule has 0 aliphatic carbocycles. The molecule has 0 amide bonds. The molecule has 0 aromatic heterocycles. The fraction of sp³-hybridized carbons (Fsp3) is 0.364. The first-order chi connectivity index (χ1) is 6.67. The molecule has 3 heteroatoms. The Balaban J connectivity index is 2.92. The monoisotopic (exact) mass is 209 g/mol. The molecule has 0 spiro atoms. The standard InChI is InChI=1S/C11H12ClNO/c1-8-3-4-11(10(5-8)6-12)14-9(2)7-13/h3-5,9H,6H2,1-2H3. The van der Waals surface area contributed by atoms with Gasteiger partial charge in [-0.05, 0) is 19.9 Å². The van der Waals surface area contributed by atoms with E-state index in [2.05, 4.69) is 0 Å². The van der Waals surface area contributed by atoms with Gasteiger partial charge in [-0.3, -0.25) is 0 Å². The minimum absolute atomic E-state index is 0.398. The second kappa shape index (κ2) is 4.88. The van der Waals surface area contributed by atoms with Crippen molar-refractivity contribution in [1.29, 1.82) is 5.26 Å². The number of alkyl halides is 1. The maximum Gasteiger partial charge on any atom is 0.181 e. The molecular weight excluding hydrogens is 198 g/mol. The number of nitriles is 1. The number of ether oxygens (including phenoxy) is 1. The lowest BCUT2D eigenvalue weighted by Gasteiger charge is -2.11. The van der Waals surface area contributed by atoms with Gasteiger partial charge in [0.1, 0.15) is 11.8 Å². The fourth-order valence-corrected chi connectivity index (χ4v) is 1.35. The van der Waals surface area contributed by atoms with Crippen LogP contribution in [0.15, 0.2) is 18.2 Å². The van der Waals surface area contributed by atoms with E-state index < -0.39 is 6.10 Å². The van der Waals surface area contributed by atoms with Gasteiger partial charge in [-0.2, -0.15) is 5.26 Å². The fourth-order valence-electron chi connectivity index (χ4n) is 1.14. The molecule has 0 saturated heterocycles. The molecule has 0 fully saturated rings. The maximum atomic E-state index is 8.61. The molecule has 0 heterocycles. The zero-order chi connectivity index (χ0) is 10.6. The smallest absolute Gasteiger partial charge is 0.181 e. The SMILES string of the molecule is Cc1ccc(OC(C)C#N)c(CCl)c1. The van der Waals surface area contributed by atoms with Gasteiger partial charge >= 0.3 is 0 Å². The third kappa shape index (κ3) is 2.65. The van der Waals surface area contributed by atoms with E-state index in [9.17, 15) is 0 Å². The van der Waals surface area contributed by atoms with Gasteiger partial charge in [-0.25, -0.2) is 0 Å². The zero-order valence-electron chi connectivity index (χ0n) is 8.25. The summed E-state index contributed by atoms with van der Waals surface area (Å²) in [7, 11) is 0. The van der Waals surface area contributed by atoms with Crippen molar-refractivity contribution in [1.82, 2.24) is 0 Å².